The highest BCUT2D eigenvalue weighted by molar-refractivity contribution is 14.0. The Kier molecular flexibility index (Phi) is 14.1. The highest BCUT2D eigenvalue weighted by Gasteiger charge is 2.15. The molecular weight excluding hydrogens is 469 g/mol. The molecule has 28 heavy (non-hydrogen) atoms. The normalized spacial score (nSPS) is 16.5. The number of hydrogen-bond acceptors (Lipinski definition) is 4. The van der Waals surface area contributed by atoms with Crippen molar-refractivity contribution in [3.63, 3.8) is 0 Å². The second-order valence-corrected chi connectivity index (χ2v) is 6.80. The molecule has 7 heteroatoms. The van der Waals surface area contributed by atoms with Gasteiger partial charge in [-0.2, -0.15) is 0 Å². The highest BCUT2D eigenvalue weighted by Crippen LogP contribution is 2.13. The molecule has 160 valence electrons. The van der Waals surface area contributed by atoms with Gasteiger partial charge in [0, 0.05) is 38.8 Å². The third-order valence-corrected chi connectivity index (χ3v) is 4.53. The molecule has 0 bridgehead atoms. The molecule has 1 fully saturated rings. The molecule has 1 aromatic carbocycles. The summed E-state index contributed by atoms with van der Waals surface area (Å²) in [4.78, 5) is 4.66. The van der Waals surface area contributed by atoms with E-state index >= 15 is 0 Å². The van der Waals surface area contributed by atoms with Gasteiger partial charge in [0.05, 0.1) is 20.3 Å². The molecule has 1 aliphatic heterocycles. The molecule has 2 N–H and O–H groups in total. The Balaban J connectivity index is 0.00000392. The summed E-state index contributed by atoms with van der Waals surface area (Å²) >= 11 is 0. The van der Waals surface area contributed by atoms with E-state index in [4.69, 9.17) is 14.2 Å². The van der Waals surface area contributed by atoms with E-state index in [1.54, 1.807) is 7.11 Å². The Labute approximate surface area is 186 Å². The van der Waals surface area contributed by atoms with Crippen molar-refractivity contribution in [3.05, 3.63) is 29.8 Å². The lowest BCUT2D eigenvalue weighted by Crippen LogP contribution is -2.38. The molecule has 6 nitrogen and oxygen atoms in total. The zero-order chi connectivity index (χ0) is 19.2. The van der Waals surface area contributed by atoms with Crippen LogP contribution in [0.2, 0.25) is 0 Å². The van der Waals surface area contributed by atoms with Crippen molar-refractivity contribution in [1.29, 1.82) is 0 Å². The molecular formula is C21H36IN3O3. The molecule has 0 radical (unpaired) electrons. The van der Waals surface area contributed by atoms with E-state index in [9.17, 15) is 0 Å². The fourth-order valence-corrected chi connectivity index (χ4v) is 2.95. The predicted octanol–water partition coefficient (Wildman–Crippen LogP) is 3.24. The lowest BCUT2D eigenvalue weighted by Gasteiger charge is -2.12. The molecule has 1 aromatic rings. The summed E-state index contributed by atoms with van der Waals surface area (Å²) in [7, 11) is 1.69. The highest BCUT2D eigenvalue weighted by atomic mass is 127. The average molecular weight is 505 g/mol. The number of aliphatic imine (C=N–C) groups is 1. The molecule has 0 saturated carbocycles. The molecule has 0 aromatic heterocycles. The Morgan fingerprint density at radius 1 is 1.21 bits per heavy atom. The van der Waals surface area contributed by atoms with Crippen LogP contribution in [0, 0.1) is 5.92 Å². The van der Waals surface area contributed by atoms with Gasteiger partial charge in [-0.25, -0.2) is 0 Å². The number of rotatable bonds is 12. The molecule has 1 unspecified atom stereocenters. The maximum absolute atomic E-state index is 5.73. The van der Waals surface area contributed by atoms with Crippen molar-refractivity contribution in [3.8, 4) is 5.75 Å². The number of halogens is 1. The van der Waals surface area contributed by atoms with E-state index in [2.05, 4.69) is 34.7 Å². The van der Waals surface area contributed by atoms with E-state index < -0.39 is 0 Å². The standard InChI is InChI=1S/C21H35N3O3.HI/c1-3-22-21(24-13-5-14-26-16-19-11-15-27-17-19)23-12-4-6-18-7-9-20(25-2)10-8-18;/h7-10,19H,3-6,11-17H2,1-2H3,(H2,22,23,24);1H. The summed E-state index contributed by atoms with van der Waals surface area (Å²) in [5, 5.41) is 6.68. The summed E-state index contributed by atoms with van der Waals surface area (Å²) in [5.41, 5.74) is 1.31. The quantitative estimate of drug-likeness (QED) is 0.198. The maximum atomic E-state index is 5.73. The summed E-state index contributed by atoms with van der Waals surface area (Å²) in [6, 6.07) is 8.24. The number of methoxy groups -OCH3 is 1. The van der Waals surface area contributed by atoms with Gasteiger partial charge in [-0.1, -0.05) is 12.1 Å². The van der Waals surface area contributed by atoms with Gasteiger partial charge in [0.1, 0.15) is 5.75 Å². The minimum Gasteiger partial charge on any atom is -0.497 e. The van der Waals surface area contributed by atoms with Crippen LogP contribution in [-0.4, -0.2) is 59.1 Å². The van der Waals surface area contributed by atoms with E-state index in [0.29, 0.717) is 5.92 Å². The van der Waals surface area contributed by atoms with Crippen LogP contribution in [0.25, 0.3) is 0 Å². The third kappa shape index (κ3) is 10.5. The lowest BCUT2D eigenvalue weighted by molar-refractivity contribution is 0.0888. The number of hydrogen-bond donors (Lipinski definition) is 2. The first-order valence-electron chi connectivity index (χ1n) is 10.1. The summed E-state index contributed by atoms with van der Waals surface area (Å²) in [6.45, 7) is 7.96. The minimum absolute atomic E-state index is 0. The topological polar surface area (TPSA) is 64.1 Å². The van der Waals surface area contributed by atoms with Gasteiger partial charge in [0.2, 0.25) is 0 Å². The van der Waals surface area contributed by atoms with E-state index in [-0.39, 0.29) is 24.0 Å². The second kappa shape index (κ2) is 15.8. The van der Waals surface area contributed by atoms with Gasteiger partial charge in [-0.15, -0.1) is 24.0 Å². The zero-order valence-electron chi connectivity index (χ0n) is 17.2. The fourth-order valence-electron chi connectivity index (χ4n) is 2.95. The van der Waals surface area contributed by atoms with Crippen LogP contribution < -0.4 is 15.4 Å². The molecule has 1 aliphatic rings. The van der Waals surface area contributed by atoms with Crippen LogP contribution in [0.5, 0.6) is 5.75 Å². The largest absolute Gasteiger partial charge is 0.497 e. The van der Waals surface area contributed by atoms with Crippen LogP contribution in [0.15, 0.2) is 29.3 Å². The molecule has 2 rings (SSSR count). The van der Waals surface area contributed by atoms with Crippen molar-refractivity contribution in [2.24, 2.45) is 10.9 Å². The fraction of sp³-hybridized carbons (Fsp3) is 0.667. The Morgan fingerprint density at radius 2 is 2.04 bits per heavy atom. The molecule has 0 spiro atoms. The summed E-state index contributed by atoms with van der Waals surface area (Å²) in [6.07, 6.45) is 4.15. The van der Waals surface area contributed by atoms with Crippen molar-refractivity contribution in [1.82, 2.24) is 10.6 Å². The number of nitrogens with zero attached hydrogens (tertiary/aromatic N) is 1. The molecule has 0 aliphatic carbocycles. The van der Waals surface area contributed by atoms with Gasteiger partial charge in [-0.3, -0.25) is 4.99 Å². The average Bonchev–Trinajstić information content (AvgIpc) is 3.21. The van der Waals surface area contributed by atoms with Crippen molar-refractivity contribution < 1.29 is 14.2 Å². The predicted molar refractivity (Wildman–Crippen MR) is 125 cm³/mol. The SMILES string of the molecule is CCNC(=NCCCc1ccc(OC)cc1)NCCCOCC1CCOC1.I. The third-order valence-electron chi connectivity index (χ3n) is 4.53. The second-order valence-electron chi connectivity index (χ2n) is 6.80. The number of nitrogens with one attached hydrogen (secondary N) is 2. The molecule has 1 heterocycles. The van der Waals surface area contributed by atoms with Gasteiger partial charge in [0.15, 0.2) is 5.96 Å². The van der Waals surface area contributed by atoms with Gasteiger partial charge >= 0.3 is 0 Å². The van der Waals surface area contributed by atoms with E-state index in [0.717, 1.165) is 83.5 Å². The van der Waals surface area contributed by atoms with Crippen molar-refractivity contribution >= 4 is 29.9 Å². The van der Waals surface area contributed by atoms with Crippen LogP contribution >= 0.6 is 24.0 Å². The maximum Gasteiger partial charge on any atom is 0.191 e. The smallest absolute Gasteiger partial charge is 0.191 e. The number of guanidine groups is 1. The van der Waals surface area contributed by atoms with Crippen LogP contribution in [0.1, 0.15) is 31.7 Å². The Bertz CT molecular complexity index is 534. The number of ether oxygens (including phenoxy) is 3. The van der Waals surface area contributed by atoms with Crippen LogP contribution in [0.4, 0.5) is 0 Å². The van der Waals surface area contributed by atoms with Gasteiger partial charge in [-0.05, 0) is 50.3 Å². The zero-order valence-corrected chi connectivity index (χ0v) is 19.6. The van der Waals surface area contributed by atoms with Crippen LogP contribution in [0.3, 0.4) is 0 Å². The molecule has 0 amide bonds. The summed E-state index contributed by atoms with van der Waals surface area (Å²) < 4.78 is 16.3. The van der Waals surface area contributed by atoms with E-state index in [1.165, 1.54) is 5.56 Å². The molecule has 1 atom stereocenters. The number of aryl methyl sites for hydroxylation is 1. The Morgan fingerprint density at radius 3 is 2.71 bits per heavy atom. The van der Waals surface area contributed by atoms with Crippen molar-refractivity contribution in [2.45, 2.75) is 32.6 Å². The monoisotopic (exact) mass is 505 g/mol. The summed E-state index contributed by atoms with van der Waals surface area (Å²) in [5.74, 6) is 2.37. The first kappa shape index (κ1) is 25.0. The lowest BCUT2D eigenvalue weighted by atomic mass is 10.1. The van der Waals surface area contributed by atoms with Crippen molar-refractivity contribution in [2.75, 3.05) is 53.2 Å². The van der Waals surface area contributed by atoms with Crippen LogP contribution in [-0.2, 0) is 15.9 Å². The molecule has 1 saturated heterocycles. The van der Waals surface area contributed by atoms with Gasteiger partial charge < -0.3 is 24.8 Å². The first-order valence-corrected chi connectivity index (χ1v) is 10.1. The Hall–Kier alpha value is -1.06. The first-order chi connectivity index (χ1) is 13.3. The van der Waals surface area contributed by atoms with E-state index in [1.807, 2.05) is 12.1 Å². The minimum atomic E-state index is 0. The number of benzene rings is 1. The van der Waals surface area contributed by atoms with Gasteiger partial charge in [0.25, 0.3) is 0 Å².